The predicted octanol–water partition coefficient (Wildman–Crippen LogP) is 3.04. The smallest absolute Gasteiger partial charge is 0.0201 e. The Morgan fingerprint density at radius 2 is 2.15 bits per heavy atom. The fraction of sp³-hybridized carbons (Fsp3) is 1.00. The van der Waals surface area contributed by atoms with E-state index in [9.17, 15) is 0 Å². The van der Waals surface area contributed by atoms with E-state index < -0.39 is 0 Å². The SMILES string of the molecule is CCCCSC1CC(C)CCC1N. The largest absolute Gasteiger partial charge is 0.327 e. The summed E-state index contributed by atoms with van der Waals surface area (Å²) in [6, 6.07) is 0.470. The lowest BCUT2D eigenvalue weighted by molar-refractivity contribution is 0.357. The fourth-order valence-corrected chi connectivity index (χ4v) is 3.53. The molecule has 1 rings (SSSR count). The van der Waals surface area contributed by atoms with Gasteiger partial charge < -0.3 is 5.73 Å². The highest BCUT2D eigenvalue weighted by Crippen LogP contribution is 2.31. The summed E-state index contributed by atoms with van der Waals surface area (Å²) in [5.74, 6) is 2.21. The minimum absolute atomic E-state index is 0.470. The molecule has 0 saturated heterocycles. The first-order valence-corrected chi connectivity index (χ1v) is 6.66. The van der Waals surface area contributed by atoms with Crippen LogP contribution < -0.4 is 5.73 Å². The molecule has 0 aromatic heterocycles. The van der Waals surface area contributed by atoms with Crippen molar-refractivity contribution in [3.05, 3.63) is 0 Å². The molecule has 2 N–H and O–H groups in total. The Labute approximate surface area is 86.8 Å². The number of thioether (sulfide) groups is 1. The van der Waals surface area contributed by atoms with E-state index in [0.717, 1.165) is 11.2 Å². The molecule has 0 bridgehead atoms. The average molecular weight is 201 g/mol. The molecule has 78 valence electrons. The molecular weight excluding hydrogens is 178 g/mol. The van der Waals surface area contributed by atoms with Crippen LogP contribution in [0, 0.1) is 5.92 Å². The van der Waals surface area contributed by atoms with E-state index in [4.69, 9.17) is 5.73 Å². The van der Waals surface area contributed by atoms with E-state index >= 15 is 0 Å². The highest BCUT2D eigenvalue weighted by molar-refractivity contribution is 7.99. The van der Waals surface area contributed by atoms with Crippen molar-refractivity contribution in [1.82, 2.24) is 0 Å². The third-order valence-electron chi connectivity index (χ3n) is 2.93. The standard InChI is InChI=1S/C11H23NS/c1-3-4-7-13-11-8-9(2)5-6-10(11)12/h9-11H,3-8,12H2,1-2H3. The zero-order chi connectivity index (χ0) is 9.68. The van der Waals surface area contributed by atoms with Crippen LogP contribution in [0.2, 0.25) is 0 Å². The van der Waals surface area contributed by atoms with Gasteiger partial charge in [-0.15, -0.1) is 0 Å². The zero-order valence-corrected chi connectivity index (χ0v) is 9.78. The van der Waals surface area contributed by atoms with Gasteiger partial charge in [0.2, 0.25) is 0 Å². The molecular formula is C11H23NS. The summed E-state index contributed by atoms with van der Waals surface area (Å²) in [5.41, 5.74) is 6.10. The first-order valence-electron chi connectivity index (χ1n) is 5.61. The molecule has 0 aliphatic heterocycles. The lowest BCUT2D eigenvalue weighted by Crippen LogP contribution is -2.37. The van der Waals surface area contributed by atoms with Crippen molar-refractivity contribution in [3.8, 4) is 0 Å². The Bertz CT molecular complexity index is 138. The third kappa shape index (κ3) is 3.90. The summed E-state index contributed by atoms with van der Waals surface area (Å²) in [4.78, 5) is 0. The summed E-state index contributed by atoms with van der Waals surface area (Å²) in [6.07, 6.45) is 6.58. The van der Waals surface area contributed by atoms with Crippen LogP contribution in [-0.4, -0.2) is 17.0 Å². The Morgan fingerprint density at radius 3 is 2.85 bits per heavy atom. The second-order valence-corrected chi connectivity index (χ2v) is 5.69. The van der Waals surface area contributed by atoms with Crippen LogP contribution in [0.5, 0.6) is 0 Å². The minimum atomic E-state index is 0.470. The first kappa shape index (κ1) is 11.4. The highest BCUT2D eigenvalue weighted by atomic mass is 32.2. The van der Waals surface area contributed by atoms with Gasteiger partial charge in [0.25, 0.3) is 0 Å². The van der Waals surface area contributed by atoms with Crippen LogP contribution in [0.15, 0.2) is 0 Å². The highest BCUT2D eigenvalue weighted by Gasteiger charge is 2.25. The van der Waals surface area contributed by atoms with Crippen molar-refractivity contribution >= 4 is 11.8 Å². The van der Waals surface area contributed by atoms with Crippen LogP contribution in [-0.2, 0) is 0 Å². The second kappa shape index (κ2) is 5.92. The maximum atomic E-state index is 6.10. The molecule has 0 aromatic rings. The Morgan fingerprint density at radius 1 is 1.38 bits per heavy atom. The maximum Gasteiger partial charge on any atom is 0.0201 e. The molecule has 1 nitrogen and oxygen atoms in total. The van der Waals surface area contributed by atoms with E-state index in [0.29, 0.717) is 6.04 Å². The van der Waals surface area contributed by atoms with E-state index in [1.165, 1.54) is 37.9 Å². The van der Waals surface area contributed by atoms with Gasteiger partial charge in [0, 0.05) is 11.3 Å². The number of unbranched alkanes of at least 4 members (excludes halogenated alkanes) is 1. The number of rotatable bonds is 4. The van der Waals surface area contributed by atoms with Gasteiger partial charge in [0.15, 0.2) is 0 Å². The van der Waals surface area contributed by atoms with Gasteiger partial charge >= 0.3 is 0 Å². The molecule has 1 saturated carbocycles. The van der Waals surface area contributed by atoms with Gasteiger partial charge in [-0.05, 0) is 37.4 Å². The average Bonchev–Trinajstić information content (AvgIpc) is 2.11. The van der Waals surface area contributed by atoms with Crippen molar-refractivity contribution in [2.75, 3.05) is 5.75 Å². The molecule has 3 atom stereocenters. The lowest BCUT2D eigenvalue weighted by Gasteiger charge is -2.32. The lowest BCUT2D eigenvalue weighted by atomic mass is 9.87. The predicted molar refractivity (Wildman–Crippen MR) is 62.1 cm³/mol. The third-order valence-corrected chi connectivity index (χ3v) is 4.43. The molecule has 13 heavy (non-hydrogen) atoms. The maximum absolute atomic E-state index is 6.10. The molecule has 0 aromatic carbocycles. The van der Waals surface area contributed by atoms with Crippen molar-refractivity contribution in [1.29, 1.82) is 0 Å². The fourth-order valence-electron chi connectivity index (χ4n) is 1.92. The van der Waals surface area contributed by atoms with Gasteiger partial charge in [0.05, 0.1) is 0 Å². The van der Waals surface area contributed by atoms with Gasteiger partial charge in [0.1, 0.15) is 0 Å². The summed E-state index contributed by atoms with van der Waals surface area (Å²) in [7, 11) is 0. The van der Waals surface area contributed by atoms with E-state index in [1.807, 2.05) is 0 Å². The van der Waals surface area contributed by atoms with Crippen LogP contribution in [0.3, 0.4) is 0 Å². The van der Waals surface area contributed by atoms with Crippen LogP contribution in [0.25, 0.3) is 0 Å². The topological polar surface area (TPSA) is 26.0 Å². The summed E-state index contributed by atoms with van der Waals surface area (Å²) < 4.78 is 0. The van der Waals surface area contributed by atoms with Crippen LogP contribution in [0.4, 0.5) is 0 Å². The molecule has 2 heteroatoms. The molecule has 0 heterocycles. The Kier molecular flexibility index (Phi) is 5.18. The van der Waals surface area contributed by atoms with Crippen molar-refractivity contribution in [2.24, 2.45) is 11.7 Å². The minimum Gasteiger partial charge on any atom is -0.327 e. The monoisotopic (exact) mass is 201 g/mol. The summed E-state index contributed by atoms with van der Waals surface area (Å²) in [5, 5.41) is 0.746. The number of hydrogen-bond acceptors (Lipinski definition) is 2. The van der Waals surface area contributed by atoms with Crippen molar-refractivity contribution in [2.45, 2.75) is 57.2 Å². The van der Waals surface area contributed by atoms with Gasteiger partial charge in [-0.1, -0.05) is 20.3 Å². The van der Waals surface area contributed by atoms with Crippen LogP contribution >= 0.6 is 11.8 Å². The molecule has 1 aliphatic carbocycles. The number of hydrogen-bond donors (Lipinski definition) is 1. The number of nitrogens with two attached hydrogens (primary N) is 1. The van der Waals surface area contributed by atoms with E-state index in [2.05, 4.69) is 25.6 Å². The Balaban J connectivity index is 2.21. The zero-order valence-electron chi connectivity index (χ0n) is 8.96. The van der Waals surface area contributed by atoms with Crippen molar-refractivity contribution < 1.29 is 0 Å². The van der Waals surface area contributed by atoms with Crippen molar-refractivity contribution in [3.63, 3.8) is 0 Å². The quantitative estimate of drug-likeness (QED) is 0.708. The summed E-state index contributed by atoms with van der Waals surface area (Å²) in [6.45, 7) is 4.61. The molecule has 1 fully saturated rings. The summed E-state index contributed by atoms with van der Waals surface area (Å²) >= 11 is 2.11. The molecule has 3 unspecified atom stereocenters. The molecule has 0 amide bonds. The Hall–Kier alpha value is 0.310. The molecule has 1 aliphatic rings. The second-order valence-electron chi connectivity index (χ2n) is 4.34. The first-order chi connectivity index (χ1) is 6.24. The molecule has 0 spiro atoms. The normalized spacial score (nSPS) is 34.8. The van der Waals surface area contributed by atoms with E-state index in [1.54, 1.807) is 0 Å². The van der Waals surface area contributed by atoms with Gasteiger partial charge in [-0.2, -0.15) is 11.8 Å². The van der Waals surface area contributed by atoms with E-state index in [-0.39, 0.29) is 0 Å². The van der Waals surface area contributed by atoms with Crippen LogP contribution in [0.1, 0.15) is 46.0 Å². The van der Waals surface area contributed by atoms with Gasteiger partial charge in [-0.3, -0.25) is 0 Å². The van der Waals surface area contributed by atoms with Gasteiger partial charge in [-0.25, -0.2) is 0 Å². The molecule has 0 radical (unpaired) electrons.